The Balaban J connectivity index is 2.46. The highest BCUT2D eigenvalue weighted by Gasteiger charge is 2.17. The van der Waals surface area contributed by atoms with Gasteiger partial charge < -0.3 is 10.1 Å². The van der Waals surface area contributed by atoms with Crippen molar-refractivity contribution in [3.8, 4) is 5.75 Å². The van der Waals surface area contributed by atoms with Crippen molar-refractivity contribution in [2.75, 3.05) is 13.7 Å². The molecule has 2 rings (SSSR count). The zero-order valence-electron chi connectivity index (χ0n) is 11.4. The van der Waals surface area contributed by atoms with Crippen molar-refractivity contribution < 1.29 is 4.74 Å². The van der Waals surface area contributed by atoms with Crippen molar-refractivity contribution in [3.05, 3.63) is 56.7 Å². The van der Waals surface area contributed by atoms with Crippen LogP contribution in [-0.2, 0) is 0 Å². The molecule has 5 heteroatoms. The summed E-state index contributed by atoms with van der Waals surface area (Å²) in [6, 6.07) is 8.23. The van der Waals surface area contributed by atoms with Crippen LogP contribution in [0.2, 0.25) is 0 Å². The topological polar surface area (TPSA) is 34.2 Å². The highest BCUT2D eigenvalue weighted by atomic mass is 79.9. The first-order chi connectivity index (χ1) is 9.65. The summed E-state index contributed by atoms with van der Waals surface area (Å²) in [5, 5.41) is 3.49. The van der Waals surface area contributed by atoms with Gasteiger partial charge in [0.15, 0.2) is 0 Å². The maximum Gasteiger partial charge on any atom is 0.137 e. The third-order valence-electron chi connectivity index (χ3n) is 2.98. The minimum Gasteiger partial charge on any atom is -0.495 e. The fraction of sp³-hybridized carbons (Fsp3) is 0.267. The minimum absolute atomic E-state index is 0.0643. The van der Waals surface area contributed by atoms with Crippen LogP contribution in [0.25, 0.3) is 0 Å². The molecule has 0 saturated heterocycles. The second-order valence-electron chi connectivity index (χ2n) is 4.31. The van der Waals surface area contributed by atoms with Crippen LogP contribution in [-0.4, -0.2) is 18.6 Å². The smallest absolute Gasteiger partial charge is 0.137 e. The Labute approximate surface area is 136 Å². The van der Waals surface area contributed by atoms with Gasteiger partial charge in [0.25, 0.3) is 0 Å². The second kappa shape index (κ2) is 7.20. The lowest BCUT2D eigenvalue weighted by molar-refractivity contribution is 0.411. The first-order valence-corrected chi connectivity index (χ1v) is 7.91. The average Bonchev–Trinajstić information content (AvgIpc) is 2.47. The molecule has 1 aromatic carbocycles. The number of nitrogens with zero attached hydrogens (tertiary/aromatic N) is 1. The van der Waals surface area contributed by atoms with Gasteiger partial charge in [0.1, 0.15) is 5.75 Å². The SMILES string of the molecule is CCNC(c1cncc(OC)c1)c1cc(Br)ccc1Br. The summed E-state index contributed by atoms with van der Waals surface area (Å²) in [5.74, 6) is 0.761. The monoisotopic (exact) mass is 398 g/mol. The Hall–Kier alpha value is -0.910. The molecular formula is C15H16Br2N2O. The number of hydrogen-bond donors (Lipinski definition) is 1. The van der Waals surface area contributed by atoms with E-state index in [0.717, 1.165) is 32.4 Å². The van der Waals surface area contributed by atoms with E-state index >= 15 is 0 Å². The van der Waals surface area contributed by atoms with Gasteiger partial charge in [0, 0.05) is 15.1 Å². The molecule has 0 radical (unpaired) electrons. The highest BCUT2D eigenvalue weighted by molar-refractivity contribution is 9.11. The normalized spacial score (nSPS) is 12.2. The highest BCUT2D eigenvalue weighted by Crippen LogP contribution is 2.31. The second-order valence-corrected chi connectivity index (χ2v) is 6.08. The minimum atomic E-state index is 0.0643. The lowest BCUT2D eigenvalue weighted by Gasteiger charge is -2.20. The predicted octanol–water partition coefficient (Wildman–Crippen LogP) is 4.31. The molecule has 106 valence electrons. The number of nitrogens with one attached hydrogen (secondary N) is 1. The van der Waals surface area contributed by atoms with Gasteiger partial charge in [-0.2, -0.15) is 0 Å². The molecule has 2 aromatic rings. The van der Waals surface area contributed by atoms with E-state index in [4.69, 9.17) is 4.74 Å². The van der Waals surface area contributed by atoms with Crippen LogP contribution in [0.5, 0.6) is 5.75 Å². The molecular weight excluding hydrogens is 384 g/mol. The van der Waals surface area contributed by atoms with Gasteiger partial charge in [0.2, 0.25) is 0 Å². The molecule has 3 nitrogen and oxygen atoms in total. The van der Waals surface area contributed by atoms with Crippen LogP contribution in [0.15, 0.2) is 45.6 Å². The van der Waals surface area contributed by atoms with E-state index in [1.54, 1.807) is 13.3 Å². The van der Waals surface area contributed by atoms with Crippen LogP contribution in [0.3, 0.4) is 0 Å². The molecule has 0 aliphatic carbocycles. The van der Waals surface area contributed by atoms with E-state index in [1.165, 1.54) is 0 Å². The van der Waals surface area contributed by atoms with E-state index < -0.39 is 0 Å². The molecule has 0 aliphatic rings. The Bertz CT molecular complexity index is 590. The fourth-order valence-electron chi connectivity index (χ4n) is 2.05. The summed E-state index contributed by atoms with van der Waals surface area (Å²) in [6.07, 6.45) is 3.58. The number of methoxy groups -OCH3 is 1. The molecule has 0 saturated carbocycles. The lowest BCUT2D eigenvalue weighted by Crippen LogP contribution is -2.22. The van der Waals surface area contributed by atoms with Crippen molar-refractivity contribution in [2.45, 2.75) is 13.0 Å². The third kappa shape index (κ3) is 3.59. The molecule has 1 N–H and O–H groups in total. The first kappa shape index (κ1) is 15.5. The van der Waals surface area contributed by atoms with E-state index in [0.29, 0.717) is 0 Å². The third-order valence-corrected chi connectivity index (χ3v) is 4.20. The Morgan fingerprint density at radius 3 is 2.75 bits per heavy atom. The number of pyridine rings is 1. The van der Waals surface area contributed by atoms with E-state index in [9.17, 15) is 0 Å². The molecule has 0 amide bonds. The maximum atomic E-state index is 5.26. The van der Waals surface area contributed by atoms with Crippen LogP contribution in [0.4, 0.5) is 0 Å². The van der Waals surface area contributed by atoms with Gasteiger partial charge in [-0.1, -0.05) is 38.8 Å². The van der Waals surface area contributed by atoms with Crippen LogP contribution < -0.4 is 10.1 Å². The van der Waals surface area contributed by atoms with E-state index in [1.807, 2.05) is 24.4 Å². The summed E-state index contributed by atoms with van der Waals surface area (Å²) >= 11 is 7.15. The molecule has 1 atom stereocenters. The van der Waals surface area contributed by atoms with Crippen molar-refractivity contribution in [1.29, 1.82) is 0 Å². The van der Waals surface area contributed by atoms with Gasteiger partial charge in [-0.3, -0.25) is 4.98 Å². The lowest BCUT2D eigenvalue weighted by atomic mass is 10.00. The quantitative estimate of drug-likeness (QED) is 0.813. The number of rotatable bonds is 5. The largest absolute Gasteiger partial charge is 0.495 e. The summed E-state index contributed by atoms with van der Waals surface area (Å²) in [4.78, 5) is 4.24. The van der Waals surface area contributed by atoms with Gasteiger partial charge >= 0.3 is 0 Å². The van der Waals surface area contributed by atoms with Crippen LogP contribution in [0.1, 0.15) is 24.1 Å². The Kier molecular flexibility index (Phi) is 5.57. The van der Waals surface area contributed by atoms with Crippen LogP contribution in [0, 0.1) is 0 Å². The van der Waals surface area contributed by atoms with Gasteiger partial charge in [-0.15, -0.1) is 0 Å². The number of hydrogen-bond acceptors (Lipinski definition) is 3. The summed E-state index contributed by atoms with van der Waals surface area (Å²) in [6.45, 7) is 2.95. The van der Waals surface area contributed by atoms with E-state index in [2.05, 4.69) is 55.2 Å². The van der Waals surface area contributed by atoms with Gasteiger partial charge in [-0.25, -0.2) is 0 Å². The number of aromatic nitrogens is 1. The first-order valence-electron chi connectivity index (χ1n) is 6.33. The van der Waals surface area contributed by atoms with Crippen molar-refractivity contribution in [3.63, 3.8) is 0 Å². The molecule has 20 heavy (non-hydrogen) atoms. The molecule has 0 fully saturated rings. The fourth-order valence-corrected chi connectivity index (χ4v) is 2.91. The van der Waals surface area contributed by atoms with Crippen molar-refractivity contribution >= 4 is 31.9 Å². The Morgan fingerprint density at radius 2 is 2.05 bits per heavy atom. The number of benzene rings is 1. The summed E-state index contributed by atoms with van der Waals surface area (Å²) in [5.41, 5.74) is 2.24. The standard InChI is InChI=1S/C15H16Br2N2O/c1-3-19-15(10-6-12(20-2)9-18-8-10)13-7-11(16)4-5-14(13)17/h4-9,15,19H,3H2,1-2H3. The van der Waals surface area contributed by atoms with Crippen molar-refractivity contribution in [2.24, 2.45) is 0 Å². The molecule has 1 unspecified atom stereocenters. The molecule has 1 aromatic heterocycles. The maximum absolute atomic E-state index is 5.26. The number of halogens is 2. The van der Waals surface area contributed by atoms with Crippen LogP contribution >= 0.6 is 31.9 Å². The zero-order valence-corrected chi connectivity index (χ0v) is 14.5. The molecule has 0 spiro atoms. The average molecular weight is 400 g/mol. The molecule has 1 heterocycles. The zero-order chi connectivity index (χ0) is 14.5. The Morgan fingerprint density at radius 1 is 1.25 bits per heavy atom. The predicted molar refractivity (Wildman–Crippen MR) is 88.2 cm³/mol. The van der Waals surface area contributed by atoms with Gasteiger partial charge in [0.05, 0.1) is 19.3 Å². The van der Waals surface area contributed by atoms with E-state index in [-0.39, 0.29) is 6.04 Å². The molecule has 0 aliphatic heterocycles. The number of ether oxygens (including phenoxy) is 1. The molecule has 0 bridgehead atoms. The van der Waals surface area contributed by atoms with Gasteiger partial charge in [-0.05, 0) is 41.9 Å². The summed E-state index contributed by atoms with van der Waals surface area (Å²) in [7, 11) is 1.65. The summed E-state index contributed by atoms with van der Waals surface area (Å²) < 4.78 is 7.38. The van der Waals surface area contributed by atoms with Crippen molar-refractivity contribution in [1.82, 2.24) is 10.3 Å².